The zero-order valence-electron chi connectivity index (χ0n) is 17.0. The molecule has 2 aliphatic heterocycles. The lowest BCUT2D eigenvalue weighted by Crippen LogP contribution is -3.15. The fourth-order valence-corrected chi connectivity index (χ4v) is 5.24. The molecule has 2 N–H and O–H groups in total. The standard InChI is InChI=1S/C19H18F2N4O7S/c20-19(21)31-15-6-5-13(11-16(15)32-19)22-18(26)12-23-7-9-24(10-8-23)33(29,30)17-4-2-1-3-14(17)25(27)28/h1-6,11H,7-10,12H2,(H,22,26)/p+1. The third kappa shape index (κ3) is 4.86. The number of quaternary nitrogens is 1. The number of para-hydroxylation sites is 1. The smallest absolute Gasteiger partial charge is 0.395 e. The number of fused-ring (bicyclic) bond motifs is 1. The van der Waals surface area contributed by atoms with Crippen molar-refractivity contribution in [1.29, 1.82) is 0 Å². The first-order valence-corrected chi connectivity index (χ1v) is 11.3. The van der Waals surface area contributed by atoms with Gasteiger partial charge < -0.3 is 19.7 Å². The highest BCUT2D eigenvalue weighted by atomic mass is 32.2. The molecule has 1 amide bonds. The van der Waals surface area contributed by atoms with E-state index in [1.54, 1.807) is 0 Å². The summed E-state index contributed by atoms with van der Waals surface area (Å²) >= 11 is 0. The van der Waals surface area contributed by atoms with Crippen LogP contribution in [0.3, 0.4) is 0 Å². The number of nitrogens with one attached hydrogen (secondary N) is 2. The Labute approximate surface area is 186 Å². The highest BCUT2D eigenvalue weighted by Crippen LogP contribution is 2.42. The molecule has 2 aromatic carbocycles. The zero-order chi connectivity index (χ0) is 23.8. The monoisotopic (exact) mass is 485 g/mol. The van der Waals surface area contributed by atoms with Crippen molar-refractivity contribution in [2.24, 2.45) is 0 Å². The molecule has 0 radical (unpaired) electrons. The minimum Gasteiger partial charge on any atom is -0.395 e. The van der Waals surface area contributed by atoms with E-state index in [4.69, 9.17) is 0 Å². The van der Waals surface area contributed by atoms with Crippen molar-refractivity contribution in [3.63, 3.8) is 0 Å². The summed E-state index contributed by atoms with van der Waals surface area (Å²) in [4.78, 5) is 23.2. The molecule has 1 fully saturated rings. The number of amides is 1. The van der Waals surface area contributed by atoms with Gasteiger partial charge in [0.05, 0.1) is 31.1 Å². The maximum Gasteiger partial charge on any atom is 0.586 e. The Bertz CT molecular complexity index is 1200. The van der Waals surface area contributed by atoms with Crippen molar-refractivity contribution in [2.45, 2.75) is 11.2 Å². The first kappa shape index (κ1) is 22.8. The van der Waals surface area contributed by atoms with Crippen molar-refractivity contribution < 1.29 is 41.3 Å². The zero-order valence-corrected chi connectivity index (χ0v) is 17.8. The number of hydrogen-bond donors (Lipinski definition) is 2. The maximum atomic E-state index is 13.1. The Morgan fingerprint density at radius 2 is 1.82 bits per heavy atom. The molecule has 0 saturated carbocycles. The van der Waals surface area contributed by atoms with Gasteiger partial charge in [-0.3, -0.25) is 14.9 Å². The first-order chi connectivity index (χ1) is 15.5. The van der Waals surface area contributed by atoms with E-state index >= 15 is 0 Å². The molecule has 0 unspecified atom stereocenters. The normalized spacial score (nSPS) is 18.1. The Balaban J connectivity index is 1.34. The number of halogens is 2. The number of benzene rings is 2. The molecular weight excluding hydrogens is 466 g/mol. The van der Waals surface area contributed by atoms with Crippen molar-refractivity contribution in [3.8, 4) is 11.5 Å². The van der Waals surface area contributed by atoms with Crippen LogP contribution in [0, 0.1) is 10.1 Å². The molecule has 0 spiro atoms. The van der Waals surface area contributed by atoms with Gasteiger partial charge in [-0.2, -0.15) is 4.31 Å². The molecule has 2 heterocycles. The van der Waals surface area contributed by atoms with Crippen LogP contribution in [0.5, 0.6) is 11.5 Å². The molecule has 14 heteroatoms. The predicted octanol–water partition coefficient (Wildman–Crippen LogP) is 0.444. The van der Waals surface area contributed by atoms with E-state index < -0.39 is 32.8 Å². The molecule has 0 aliphatic carbocycles. The van der Waals surface area contributed by atoms with Crippen LogP contribution in [0.15, 0.2) is 47.4 Å². The summed E-state index contributed by atoms with van der Waals surface area (Å²) in [7, 11) is -4.06. The molecule has 1 saturated heterocycles. The van der Waals surface area contributed by atoms with Crippen molar-refractivity contribution >= 4 is 27.3 Å². The van der Waals surface area contributed by atoms with Gasteiger partial charge in [0.15, 0.2) is 22.9 Å². The number of nitrogens with zero attached hydrogens (tertiary/aromatic N) is 2. The van der Waals surface area contributed by atoms with Crippen LogP contribution in [0.1, 0.15) is 0 Å². The molecule has 33 heavy (non-hydrogen) atoms. The highest BCUT2D eigenvalue weighted by Gasteiger charge is 2.43. The summed E-state index contributed by atoms with van der Waals surface area (Å²) in [6.07, 6.45) is -3.75. The van der Waals surface area contributed by atoms with Gasteiger partial charge in [0.25, 0.3) is 11.6 Å². The van der Waals surface area contributed by atoms with Crippen LogP contribution >= 0.6 is 0 Å². The van der Waals surface area contributed by atoms with Gasteiger partial charge in [0.1, 0.15) is 0 Å². The molecule has 176 valence electrons. The molecule has 11 nitrogen and oxygen atoms in total. The Morgan fingerprint density at radius 1 is 1.15 bits per heavy atom. The summed E-state index contributed by atoms with van der Waals surface area (Å²) in [6, 6.07) is 9.02. The molecule has 2 aromatic rings. The second-order valence-corrected chi connectivity index (χ2v) is 9.34. The summed E-state index contributed by atoms with van der Waals surface area (Å²) in [5, 5.41) is 13.8. The van der Waals surface area contributed by atoms with Crippen LogP contribution in [-0.2, 0) is 14.8 Å². The lowest BCUT2D eigenvalue weighted by Gasteiger charge is -2.31. The average molecular weight is 485 g/mol. The number of nitro groups is 1. The number of carbonyl (C=O) groups is 1. The quantitative estimate of drug-likeness (QED) is 0.448. The number of piperazine rings is 1. The number of nitro benzene ring substituents is 1. The Morgan fingerprint density at radius 3 is 2.52 bits per heavy atom. The molecule has 2 aliphatic rings. The number of sulfonamides is 1. The number of hydrogen-bond acceptors (Lipinski definition) is 7. The average Bonchev–Trinajstić information content (AvgIpc) is 3.07. The maximum absolute atomic E-state index is 13.1. The Hall–Kier alpha value is -3.36. The molecule has 0 bridgehead atoms. The molecular formula is C19H19F2N4O7S+. The van der Waals surface area contributed by atoms with Crippen LogP contribution in [0.25, 0.3) is 0 Å². The predicted molar refractivity (Wildman–Crippen MR) is 109 cm³/mol. The molecule has 4 rings (SSSR count). The van der Waals surface area contributed by atoms with Gasteiger partial charge in [-0.05, 0) is 18.2 Å². The van der Waals surface area contributed by atoms with Crippen LogP contribution in [0.4, 0.5) is 20.2 Å². The lowest BCUT2D eigenvalue weighted by atomic mass is 10.2. The van der Waals surface area contributed by atoms with Crippen molar-refractivity contribution in [3.05, 3.63) is 52.6 Å². The van der Waals surface area contributed by atoms with Gasteiger partial charge in [0, 0.05) is 17.8 Å². The molecule has 0 aromatic heterocycles. The highest BCUT2D eigenvalue weighted by molar-refractivity contribution is 7.89. The number of anilines is 1. The number of alkyl halides is 2. The third-order valence-corrected chi connectivity index (χ3v) is 7.15. The van der Waals surface area contributed by atoms with Gasteiger partial charge in [-0.15, -0.1) is 8.78 Å². The van der Waals surface area contributed by atoms with E-state index in [2.05, 4.69) is 14.8 Å². The van der Waals surface area contributed by atoms with E-state index in [-0.39, 0.29) is 41.7 Å². The second-order valence-electron chi connectivity index (χ2n) is 7.43. The minimum atomic E-state index is -4.06. The fourth-order valence-electron chi connectivity index (χ4n) is 3.64. The summed E-state index contributed by atoms with van der Waals surface area (Å²) in [6.45, 7) is 0.789. The van der Waals surface area contributed by atoms with Gasteiger partial charge in [0.2, 0.25) is 10.0 Å². The second kappa shape index (κ2) is 8.53. The Kier molecular flexibility index (Phi) is 5.90. The topological polar surface area (TPSA) is 133 Å². The van der Waals surface area contributed by atoms with Crippen LogP contribution in [-0.4, -0.2) is 62.6 Å². The first-order valence-electron chi connectivity index (χ1n) is 9.82. The van der Waals surface area contributed by atoms with E-state index in [0.717, 1.165) is 15.3 Å². The lowest BCUT2D eigenvalue weighted by molar-refractivity contribution is -0.895. The minimum absolute atomic E-state index is 0.0178. The van der Waals surface area contributed by atoms with Gasteiger partial charge in [-0.25, -0.2) is 8.42 Å². The molecule has 0 atom stereocenters. The number of ether oxygens (including phenoxy) is 2. The number of carbonyl (C=O) groups excluding carboxylic acids is 1. The summed E-state index contributed by atoms with van der Waals surface area (Å²) in [5.41, 5.74) is -0.245. The van der Waals surface area contributed by atoms with E-state index in [9.17, 15) is 32.1 Å². The summed E-state index contributed by atoms with van der Waals surface area (Å²) < 4.78 is 61.8. The largest absolute Gasteiger partial charge is 0.586 e. The van der Waals surface area contributed by atoms with Crippen LogP contribution in [0.2, 0.25) is 0 Å². The van der Waals surface area contributed by atoms with E-state index in [1.807, 2.05) is 0 Å². The van der Waals surface area contributed by atoms with Gasteiger partial charge >= 0.3 is 6.29 Å². The van der Waals surface area contributed by atoms with Gasteiger partial charge in [-0.1, -0.05) is 12.1 Å². The van der Waals surface area contributed by atoms with Crippen molar-refractivity contribution in [1.82, 2.24) is 4.31 Å². The van der Waals surface area contributed by atoms with Crippen LogP contribution < -0.4 is 19.7 Å². The van der Waals surface area contributed by atoms with E-state index in [0.29, 0.717) is 13.1 Å². The van der Waals surface area contributed by atoms with E-state index in [1.165, 1.54) is 36.4 Å². The third-order valence-electron chi connectivity index (χ3n) is 5.20. The fraction of sp³-hybridized carbons (Fsp3) is 0.316. The number of rotatable bonds is 6. The van der Waals surface area contributed by atoms with Crippen molar-refractivity contribution in [2.75, 3.05) is 38.0 Å². The SMILES string of the molecule is O=C(C[NH+]1CCN(S(=O)(=O)c2ccccc2[N+](=O)[O-])CC1)Nc1ccc2c(c1)OC(F)(F)O2. The summed E-state index contributed by atoms with van der Waals surface area (Å²) in [5.74, 6) is -0.732.